The average Bonchev–Trinajstić information content (AvgIpc) is 2.87. The van der Waals surface area contributed by atoms with Crippen molar-refractivity contribution in [3.8, 4) is 0 Å². The van der Waals surface area contributed by atoms with Crippen LogP contribution in [0.2, 0.25) is 0 Å². The highest BCUT2D eigenvalue weighted by Crippen LogP contribution is 2.37. The standard InChI is InChI=1S/C13H18N2O2S/c1-9-6-11(9)8-15-18(16,17)12-3-2-10-4-5-14-13(10)7-12/h2-3,7,9,11,14-15H,4-6,8H2,1H3. The van der Waals surface area contributed by atoms with Crippen LogP contribution in [-0.4, -0.2) is 21.5 Å². The molecule has 1 fully saturated rings. The molecule has 0 amide bonds. The zero-order valence-corrected chi connectivity index (χ0v) is 11.3. The minimum Gasteiger partial charge on any atom is -0.384 e. The maximum atomic E-state index is 12.1. The second kappa shape index (κ2) is 4.24. The molecular formula is C13H18N2O2S. The Balaban J connectivity index is 1.76. The van der Waals surface area contributed by atoms with Crippen LogP contribution in [0.3, 0.4) is 0 Å². The molecule has 1 aromatic rings. The smallest absolute Gasteiger partial charge is 0.240 e. The van der Waals surface area contributed by atoms with Gasteiger partial charge < -0.3 is 5.32 Å². The summed E-state index contributed by atoms with van der Waals surface area (Å²) in [7, 11) is -3.35. The monoisotopic (exact) mass is 266 g/mol. The number of hydrogen-bond acceptors (Lipinski definition) is 3. The van der Waals surface area contributed by atoms with Crippen LogP contribution in [0.1, 0.15) is 18.9 Å². The highest BCUT2D eigenvalue weighted by Gasteiger charge is 2.33. The number of benzene rings is 1. The topological polar surface area (TPSA) is 58.2 Å². The molecule has 1 aromatic carbocycles. The summed E-state index contributed by atoms with van der Waals surface area (Å²) in [5.74, 6) is 1.18. The Hall–Kier alpha value is -1.07. The summed E-state index contributed by atoms with van der Waals surface area (Å²) in [6.45, 7) is 3.61. The van der Waals surface area contributed by atoms with Crippen LogP contribution in [-0.2, 0) is 16.4 Å². The number of fused-ring (bicyclic) bond motifs is 1. The van der Waals surface area contributed by atoms with Gasteiger partial charge in [-0.1, -0.05) is 13.0 Å². The van der Waals surface area contributed by atoms with Gasteiger partial charge in [0.25, 0.3) is 0 Å². The molecule has 0 spiro atoms. The minimum absolute atomic E-state index is 0.365. The van der Waals surface area contributed by atoms with E-state index < -0.39 is 10.0 Å². The lowest BCUT2D eigenvalue weighted by Gasteiger charge is -2.08. The first-order valence-electron chi connectivity index (χ1n) is 6.43. The predicted molar refractivity (Wildman–Crippen MR) is 71.1 cm³/mol. The van der Waals surface area contributed by atoms with E-state index in [1.54, 1.807) is 12.1 Å². The van der Waals surface area contributed by atoms with Crippen molar-refractivity contribution in [3.05, 3.63) is 23.8 Å². The minimum atomic E-state index is -3.35. The van der Waals surface area contributed by atoms with Crippen molar-refractivity contribution < 1.29 is 8.42 Å². The van der Waals surface area contributed by atoms with Gasteiger partial charge >= 0.3 is 0 Å². The lowest BCUT2D eigenvalue weighted by Crippen LogP contribution is -2.26. The maximum Gasteiger partial charge on any atom is 0.240 e. The van der Waals surface area contributed by atoms with Gasteiger partial charge in [0.15, 0.2) is 0 Å². The number of nitrogens with one attached hydrogen (secondary N) is 2. The van der Waals surface area contributed by atoms with E-state index in [-0.39, 0.29) is 0 Å². The van der Waals surface area contributed by atoms with E-state index in [0.29, 0.717) is 23.3 Å². The van der Waals surface area contributed by atoms with Crippen molar-refractivity contribution in [1.82, 2.24) is 4.72 Å². The molecule has 0 aromatic heterocycles. The van der Waals surface area contributed by atoms with E-state index in [1.165, 1.54) is 5.56 Å². The van der Waals surface area contributed by atoms with Crippen molar-refractivity contribution in [2.45, 2.75) is 24.7 Å². The summed E-state index contributed by atoms with van der Waals surface area (Å²) >= 11 is 0. The van der Waals surface area contributed by atoms with Crippen LogP contribution < -0.4 is 10.0 Å². The normalized spacial score (nSPS) is 25.6. The molecule has 2 unspecified atom stereocenters. The molecule has 0 saturated heterocycles. The van der Waals surface area contributed by atoms with Crippen molar-refractivity contribution in [3.63, 3.8) is 0 Å². The fraction of sp³-hybridized carbons (Fsp3) is 0.538. The average molecular weight is 266 g/mol. The number of rotatable bonds is 4. The Kier molecular flexibility index (Phi) is 2.83. The molecule has 2 atom stereocenters. The molecule has 2 aliphatic rings. The Morgan fingerprint density at radius 1 is 1.44 bits per heavy atom. The van der Waals surface area contributed by atoms with Crippen molar-refractivity contribution in [1.29, 1.82) is 0 Å². The number of hydrogen-bond donors (Lipinski definition) is 2. The van der Waals surface area contributed by atoms with E-state index in [2.05, 4.69) is 17.0 Å². The van der Waals surface area contributed by atoms with E-state index in [4.69, 9.17) is 0 Å². The van der Waals surface area contributed by atoms with E-state index in [9.17, 15) is 8.42 Å². The molecule has 1 aliphatic heterocycles. The second-order valence-corrected chi connectivity index (χ2v) is 7.09. The predicted octanol–water partition coefficient (Wildman–Crippen LogP) is 1.59. The number of sulfonamides is 1. The van der Waals surface area contributed by atoms with E-state index in [0.717, 1.165) is 25.1 Å². The molecule has 18 heavy (non-hydrogen) atoms. The van der Waals surface area contributed by atoms with Crippen LogP contribution in [0.4, 0.5) is 5.69 Å². The fourth-order valence-electron chi connectivity index (χ4n) is 2.42. The molecule has 98 valence electrons. The molecule has 1 aliphatic carbocycles. The SMILES string of the molecule is CC1CC1CNS(=O)(=O)c1ccc2c(c1)NCC2. The third-order valence-corrected chi connectivity index (χ3v) is 5.33. The molecule has 0 radical (unpaired) electrons. The highest BCUT2D eigenvalue weighted by molar-refractivity contribution is 7.89. The summed E-state index contributed by atoms with van der Waals surface area (Å²) in [5, 5.41) is 3.20. The van der Waals surface area contributed by atoms with Gasteiger partial charge in [-0.2, -0.15) is 0 Å². The Morgan fingerprint density at radius 2 is 2.22 bits per heavy atom. The molecule has 4 nitrogen and oxygen atoms in total. The van der Waals surface area contributed by atoms with Gasteiger partial charge in [0.05, 0.1) is 4.90 Å². The quantitative estimate of drug-likeness (QED) is 0.870. The Labute approximate surface area is 108 Å². The summed E-state index contributed by atoms with van der Waals surface area (Å²) in [6, 6.07) is 5.34. The van der Waals surface area contributed by atoms with Crippen molar-refractivity contribution in [2.75, 3.05) is 18.4 Å². The van der Waals surface area contributed by atoms with Crippen LogP contribution in [0.25, 0.3) is 0 Å². The third-order valence-electron chi connectivity index (χ3n) is 3.91. The first kappa shape index (κ1) is 12.0. The summed E-state index contributed by atoms with van der Waals surface area (Å²) in [6.07, 6.45) is 2.11. The first-order valence-corrected chi connectivity index (χ1v) is 7.91. The van der Waals surface area contributed by atoms with Gasteiger partial charge in [-0.3, -0.25) is 0 Å². The van der Waals surface area contributed by atoms with Crippen LogP contribution in [0.15, 0.2) is 23.1 Å². The van der Waals surface area contributed by atoms with Crippen LogP contribution in [0.5, 0.6) is 0 Å². The molecule has 0 bridgehead atoms. The van der Waals surface area contributed by atoms with Gasteiger partial charge in [0, 0.05) is 18.8 Å². The first-order chi connectivity index (χ1) is 8.56. The fourth-order valence-corrected chi connectivity index (χ4v) is 3.54. The third kappa shape index (κ3) is 2.24. The highest BCUT2D eigenvalue weighted by atomic mass is 32.2. The van der Waals surface area contributed by atoms with Crippen molar-refractivity contribution in [2.24, 2.45) is 11.8 Å². The van der Waals surface area contributed by atoms with Crippen LogP contribution >= 0.6 is 0 Å². The van der Waals surface area contributed by atoms with Gasteiger partial charge in [0.2, 0.25) is 10.0 Å². The van der Waals surface area contributed by atoms with Gasteiger partial charge in [-0.25, -0.2) is 13.1 Å². The maximum absolute atomic E-state index is 12.1. The largest absolute Gasteiger partial charge is 0.384 e. The summed E-state index contributed by atoms with van der Waals surface area (Å²) in [5.41, 5.74) is 2.16. The van der Waals surface area contributed by atoms with E-state index in [1.807, 2.05) is 6.07 Å². The summed E-state index contributed by atoms with van der Waals surface area (Å²) < 4.78 is 27.0. The zero-order valence-electron chi connectivity index (χ0n) is 10.4. The molecular weight excluding hydrogens is 248 g/mol. The molecule has 3 rings (SSSR count). The van der Waals surface area contributed by atoms with Gasteiger partial charge in [0.1, 0.15) is 0 Å². The molecule has 1 heterocycles. The molecule has 2 N–H and O–H groups in total. The molecule has 5 heteroatoms. The van der Waals surface area contributed by atoms with Crippen LogP contribution in [0, 0.1) is 11.8 Å². The Bertz CT molecular complexity index is 568. The molecule has 1 saturated carbocycles. The lowest BCUT2D eigenvalue weighted by molar-refractivity contribution is 0.574. The number of anilines is 1. The summed E-state index contributed by atoms with van der Waals surface area (Å²) in [4.78, 5) is 0.365. The van der Waals surface area contributed by atoms with E-state index >= 15 is 0 Å². The van der Waals surface area contributed by atoms with Gasteiger partial charge in [-0.15, -0.1) is 0 Å². The zero-order chi connectivity index (χ0) is 12.8. The second-order valence-electron chi connectivity index (χ2n) is 5.32. The van der Waals surface area contributed by atoms with Crippen molar-refractivity contribution >= 4 is 15.7 Å². The lowest BCUT2D eigenvalue weighted by atomic mass is 10.2. The Morgan fingerprint density at radius 3 is 2.94 bits per heavy atom. The van der Waals surface area contributed by atoms with Gasteiger partial charge in [-0.05, 0) is 42.4 Å².